The first-order chi connectivity index (χ1) is 18.8. The summed E-state index contributed by atoms with van der Waals surface area (Å²) in [6.45, 7) is 7.11. The van der Waals surface area contributed by atoms with Gasteiger partial charge in [-0.1, -0.05) is 13.8 Å². The van der Waals surface area contributed by atoms with Gasteiger partial charge in [0.1, 0.15) is 6.04 Å². The number of hydrogen-bond donors (Lipinski definition) is 1. The van der Waals surface area contributed by atoms with Crippen LogP contribution in [-0.4, -0.2) is 131 Å². The van der Waals surface area contributed by atoms with E-state index in [1.807, 2.05) is 13.8 Å². The highest BCUT2D eigenvalue weighted by molar-refractivity contribution is 8.02. The van der Waals surface area contributed by atoms with Crippen molar-refractivity contribution >= 4 is 47.3 Å². The molecule has 0 aromatic rings. The van der Waals surface area contributed by atoms with Crippen molar-refractivity contribution in [3.8, 4) is 0 Å². The smallest absolute Gasteiger partial charge is 0.326 e. The maximum Gasteiger partial charge on any atom is 0.326 e. The molecule has 1 saturated heterocycles. The fourth-order valence-corrected chi connectivity index (χ4v) is 5.34. The fraction of sp³-hybridized carbons (Fsp3) is 0.692. The van der Waals surface area contributed by atoms with Gasteiger partial charge in [0.05, 0.1) is 58.0 Å². The number of carbonyl (C=O) groups excluding carboxylic acids is 5. The van der Waals surface area contributed by atoms with Crippen LogP contribution in [0.4, 0.5) is 0 Å². The van der Waals surface area contributed by atoms with Gasteiger partial charge in [0.25, 0.3) is 11.8 Å². The van der Waals surface area contributed by atoms with Gasteiger partial charge in [-0.05, 0) is 13.3 Å². The van der Waals surface area contributed by atoms with E-state index in [1.165, 1.54) is 47.7 Å². The molecule has 40 heavy (non-hydrogen) atoms. The summed E-state index contributed by atoms with van der Waals surface area (Å²) in [6.07, 6.45) is 3.08. The van der Waals surface area contributed by atoms with Crippen LogP contribution >= 0.6 is 11.8 Å². The molecule has 2 rings (SSSR count). The van der Waals surface area contributed by atoms with Crippen LogP contribution in [-0.2, 0) is 43.0 Å². The van der Waals surface area contributed by atoms with Crippen molar-refractivity contribution in [2.45, 2.75) is 56.1 Å². The number of hydrogen-bond acceptors (Lipinski definition) is 10. The molecule has 2 aliphatic heterocycles. The Bertz CT molecular complexity index is 968. The number of carbonyl (C=O) groups is 6. The van der Waals surface area contributed by atoms with E-state index >= 15 is 0 Å². The first-order valence-electron chi connectivity index (χ1n) is 13.1. The van der Waals surface area contributed by atoms with E-state index in [-0.39, 0.29) is 75.3 Å². The molecule has 2 heterocycles. The lowest BCUT2D eigenvalue weighted by Crippen LogP contribution is -2.40. The largest absolute Gasteiger partial charge is 0.480 e. The van der Waals surface area contributed by atoms with Crippen molar-refractivity contribution < 1.29 is 48.1 Å². The molecule has 14 heteroatoms. The lowest BCUT2D eigenvalue weighted by molar-refractivity contribution is -0.148. The van der Waals surface area contributed by atoms with Crippen LogP contribution in [0.2, 0.25) is 0 Å². The van der Waals surface area contributed by atoms with Gasteiger partial charge in [-0.15, -0.1) is 11.8 Å². The van der Waals surface area contributed by atoms with Crippen molar-refractivity contribution in [3.05, 3.63) is 12.2 Å². The van der Waals surface area contributed by atoms with E-state index < -0.39 is 22.0 Å². The average molecular weight is 586 g/mol. The molecule has 5 amide bonds. The van der Waals surface area contributed by atoms with E-state index in [0.717, 1.165) is 4.90 Å². The minimum absolute atomic E-state index is 0.0799. The Hall–Kier alpha value is -2.81. The highest BCUT2D eigenvalue weighted by Gasteiger charge is 2.41. The number of amides is 5. The molecule has 1 N–H and O–H groups in total. The summed E-state index contributed by atoms with van der Waals surface area (Å²) < 4.78 is 15.7. The first kappa shape index (κ1) is 33.4. The summed E-state index contributed by atoms with van der Waals surface area (Å²) in [7, 11) is 1.45. The summed E-state index contributed by atoms with van der Waals surface area (Å²) in [6, 6.07) is -0.927. The van der Waals surface area contributed by atoms with Gasteiger partial charge in [0.15, 0.2) is 0 Å². The number of thioether (sulfide) groups is 1. The van der Waals surface area contributed by atoms with Crippen LogP contribution < -0.4 is 0 Å². The maximum absolute atomic E-state index is 12.8. The van der Waals surface area contributed by atoms with Gasteiger partial charge in [-0.25, -0.2) is 4.79 Å². The Kier molecular flexibility index (Phi) is 13.2. The molecular weight excluding hydrogens is 546 g/mol. The van der Waals surface area contributed by atoms with Crippen molar-refractivity contribution in [3.63, 3.8) is 0 Å². The fourth-order valence-electron chi connectivity index (χ4n) is 3.89. The van der Waals surface area contributed by atoms with E-state index in [9.17, 15) is 28.8 Å². The number of likely N-dealkylation sites (N-methyl/N-ethyl adjacent to an activating group) is 1. The standard InChI is InChI=1S/C26H39N3O10S/c1-18(25(35)36)27(4)20(30)7-8-26(2,3)40-19-17-23(33)29(24(19)34)10-12-38-14-16-39-15-13-37-11-9-28-21(31)5-6-22(28)32/h5-6,18-19H,7-17H2,1-4H3,(H,35,36)/t18-,19?/m0/s1. The highest BCUT2D eigenvalue weighted by Crippen LogP contribution is 2.38. The number of carboxylic acids is 1. The van der Waals surface area contributed by atoms with Gasteiger partial charge in [-0.2, -0.15) is 0 Å². The van der Waals surface area contributed by atoms with Gasteiger partial charge in [0, 0.05) is 36.8 Å². The molecule has 0 bridgehead atoms. The molecule has 2 atom stereocenters. The zero-order valence-electron chi connectivity index (χ0n) is 23.5. The first-order valence-corrected chi connectivity index (χ1v) is 14.0. The topological polar surface area (TPSA) is 160 Å². The Morgan fingerprint density at radius 1 is 0.975 bits per heavy atom. The summed E-state index contributed by atoms with van der Waals surface area (Å²) in [5.41, 5.74) is 0. The minimum atomic E-state index is -1.08. The third-order valence-electron chi connectivity index (χ3n) is 6.50. The maximum atomic E-state index is 12.8. The normalized spacial score (nSPS) is 18.2. The van der Waals surface area contributed by atoms with Crippen LogP contribution in [0.25, 0.3) is 0 Å². The second-order valence-corrected chi connectivity index (χ2v) is 11.9. The number of ether oxygens (including phenoxy) is 3. The zero-order valence-corrected chi connectivity index (χ0v) is 24.3. The molecule has 0 saturated carbocycles. The predicted molar refractivity (Wildman–Crippen MR) is 144 cm³/mol. The summed E-state index contributed by atoms with van der Waals surface area (Å²) >= 11 is 1.35. The summed E-state index contributed by atoms with van der Waals surface area (Å²) in [5, 5.41) is 8.53. The third kappa shape index (κ3) is 10.3. The molecule has 1 fully saturated rings. The monoisotopic (exact) mass is 585 g/mol. The van der Waals surface area contributed by atoms with Gasteiger partial charge in [-0.3, -0.25) is 33.8 Å². The van der Waals surface area contributed by atoms with Crippen LogP contribution in [0.1, 0.15) is 40.0 Å². The number of likely N-dealkylation sites (tertiary alicyclic amines) is 1. The molecule has 224 valence electrons. The molecule has 13 nitrogen and oxygen atoms in total. The number of imide groups is 2. The second kappa shape index (κ2) is 15.8. The molecule has 0 radical (unpaired) electrons. The summed E-state index contributed by atoms with van der Waals surface area (Å²) in [4.78, 5) is 75.0. The Labute approximate surface area is 238 Å². The van der Waals surface area contributed by atoms with E-state index in [1.54, 1.807) is 0 Å². The molecular formula is C26H39N3O10S. The third-order valence-corrected chi connectivity index (χ3v) is 7.99. The molecule has 0 aromatic carbocycles. The zero-order chi connectivity index (χ0) is 29.9. The second-order valence-electron chi connectivity index (χ2n) is 9.97. The Morgan fingerprint density at radius 2 is 1.48 bits per heavy atom. The lowest BCUT2D eigenvalue weighted by Gasteiger charge is -2.28. The van der Waals surface area contributed by atoms with Crippen LogP contribution in [0.5, 0.6) is 0 Å². The predicted octanol–water partition coefficient (Wildman–Crippen LogP) is 0.312. The van der Waals surface area contributed by atoms with Crippen molar-refractivity contribution in [2.24, 2.45) is 0 Å². The highest BCUT2D eigenvalue weighted by atomic mass is 32.2. The van der Waals surface area contributed by atoms with E-state index in [4.69, 9.17) is 19.3 Å². The molecule has 1 unspecified atom stereocenters. The van der Waals surface area contributed by atoms with Crippen LogP contribution in [0.3, 0.4) is 0 Å². The Morgan fingerprint density at radius 3 is 2.00 bits per heavy atom. The Balaban J connectivity index is 1.57. The van der Waals surface area contributed by atoms with E-state index in [0.29, 0.717) is 26.2 Å². The average Bonchev–Trinajstić information content (AvgIpc) is 3.35. The van der Waals surface area contributed by atoms with Crippen LogP contribution in [0, 0.1) is 0 Å². The van der Waals surface area contributed by atoms with E-state index in [2.05, 4.69) is 0 Å². The molecule has 0 spiro atoms. The van der Waals surface area contributed by atoms with Gasteiger partial charge >= 0.3 is 5.97 Å². The molecule has 2 aliphatic rings. The van der Waals surface area contributed by atoms with Crippen molar-refractivity contribution in [1.29, 1.82) is 0 Å². The summed E-state index contributed by atoms with van der Waals surface area (Å²) in [5.74, 6) is -2.62. The van der Waals surface area contributed by atoms with Gasteiger partial charge in [0.2, 0.25) is 17.7 Å². The molecule has 0 aliphatic carbocycles. The van der Waals surface area contributed by atoms with Gasteiger partial charge < -0.3 is 24.2 Å². The molecule has 0 aromatic heterocycles. The number of carboxylic acid groups (broad SMARTS) is 1. The van der Waals surface area contributed by atoms with Crippen molar-refractivity contribution in [1.82, 2.24) is 14.7 Å². The van der Waals surface area contributed by atoms with Crippen molar-refractivity contribution in [2.75, 3.05) is 59.8 Å². The quantitative estimate of drug-likeness (QED) is 0.164. The lowest BCUT2D eigenvalue weighted by atomic mass is 10.1. The number of rotatable bonds is 19. The number of nitrogens with zero attached hydrogens (tertiary/aromatic N) is 3. The SMILES string of the molecule is C[C@@H](C(=O)O)N(C)C(=O)CCC(C)(C)SC1CC(=O)N(CCOCCOCCOCCN2C(=O)C=CC2=O)C1=O. The number of aliphatic carboxylic acids is 1. The minimum Gasteiger partial charge on any atom is -0.480 e. The van der Waals surface area contributed by atoms with Crippen LogP contribution in [0.15, 0.2) is 12.2 Å².